The van der Waals surface area contributed by atoms with Crippen molar-refractivity contribution in [2.24, 2.45) is 0 Å². The summed E-state index contributed by atoms with van der Waals surface area (Å²) in [6.45, 7) is 3.18. The van der Waals surface area contributed by atoms with Crippen LogP contribution >= 0.6 is 11.3 Å². The number of carbonyl (C=O) groups excluding carboxylic acids is 1. The highest BCUT2D eigenvalue weighted by Crippen LogP contribution is 2.13. The highest BCUT2D eigenvalue weighted by molar-refractivity contribution is 7.09. The fourth-order valence-corrected chi connectivity index (χ4v) is 2.30. The lowest BCUT2D eigenvalue weighted by molar-refractivity contribution is -0.135. The van der Waals surface area contributed by atoms with Crippen LogP contribution in [0.1, 0.15) is 4.88 Å². The Balaban J connectivity index is 1.95. The van der Waals surface area contributed by atoms with E-state index in [1.807, 2.05) is 18.0 Å². The molecule has 0 bridgehead atoms. The molecule has 0 unspecified atom stereocenters. The molecule has 0 aliphatic carbocycles. The molecular weight excluding hydrogens is 196 g/mol. The van der Waals surface area contributed by atoms with Gasteiger partial charge in [-0.3, -0.25) is 9.69 Å². The standard InChI is InChI=1S/C10H14N2OS/c1-11-4-5-12(10(13)8-11)7-9-3-2-6-14-9/h2-3,6H,4-5,7-8H2,1H3. The number of carbonyl (C=O) groups is 1. The summed E-state index contributed by atoms with van der Waals surface area (Å²) in [7, 11) is 1.99. The van der Waals surface area contributed by atoms with Crippen molar-refractivity contribution in [2.75, 3.05) is 26.7 Å². The van der Waals surface area contributed by atoms with Crippen molar-refractivity contribution >= 4 is 17.2 Å². The number of rotatable bonds is 2. The maximum atomic E-state index is 11.6. The molecule has 4 heteroatoms. The minimum Gasteiger partial charge on any atom is -0.335 e. The van der Waals surface area contributed by atoms with E-state index in [1.165, 1.54) is 4.88 Å². The molecule has 3 nitrogen and oxygen atoms in total. The van der Waals surface area contributed by atoms with Crippen LogP contribution in [0.25, 0.3) is 0 Å². The molecule has 1 amide bonds. The topological polar surface area (TPSA) is 23.6 Å². The number of hydrogen-bond donors (Lipinski definition) is 0. The number of nitrogens with zero attached hydrogens (tertiary/aromatic N) is 2. The zero-order chi connectivity index (χ0) is 9.97. The van der Waals surface area contributed by atoms with Crippen molar-refractivity contribution in [3.05, 3.63) is 22.4 Å². The van der Waals surface area contributed by atoms with Gasteiger partial charge < -0.3 is 4.90 Å². The molecule has 1 aliphatic rings. The fraction of sp³-hybridized carbons (Fsp3) is 0.500. The van der Waals surface area contributed by atoms with Gasteiger partial charge >= 0.3 is 0 Å². The van der Waals surface area contributed by atoms with Gasteiger partial charge in [0.15, 0.2) is 0 Å². The smallest absolute Gasteiger partial charge is 0.237 e. The lowest BCUT2D eigenvalue weighted by Crippen LogP contribution is -2.48. The van der Waals surface area contributed by atoms with Gasteiger partial charge in [-0.15, -0.1) is 11.3 Å². The first kappa shape index (κ1) is 9.68. The molecule has 1 aromatic heterocycles. The lowest BCUT2D eigenvalue weighted by atomic mass is 10.3. The average Bonchev–Trinajstić information content (AvgIpc) is 2.62. The number of likely N-dealkylation sites (N-methyl/N-ethyl adjacent to an activating group) is 1. The second kappa shape index (κ2) is 4.11. The predicted molar refractivity (Wildman–Crippen MR) is 57.2 cm³/mol. The Labute approximate surface area is 87.9 Å². The van der Waals surface area contributed by atoms with Crippen molar-refractivity contribution < 1.29 is 4.79 Å². The van der Waals surface area contributed by atoms with Gasteiger partial charge in [-0.1, -0.05) is 6.07 Å². The van der Waals surface area contributed by atoms with Gasteiger partial charge in [0.05, 0.1) is 13.1 Å². The Hall–Kier alpha value is -0.870. The van der Waals surface area contributed by atoms with Crippen LogP contribution in [0.15, 0.2) is 17.5 Å². The van der Waals surface area contributed by atoms with E-state index in [2.05, 4.69) is 16.3 Å². The van der Waals surface area contributed by atoms with E-state index in [0.717, 1.165) is 19.6 Å². The van der Waals surface area contributed by atoms with Crippen molar-refractivity contribution in [1.29, 1.82) is 0 Å². The third kappa shape index (κ3) is 2.13. The van der Waals surface area contributed by atoms with E-state index >= 15 is 0 Å². The van der Waals surface area contributed by atoms with Crippen LogP contribution in [0.2, 0.25) is 0 Å². The molecule has 0 aromatic carbocycles. The van der Waals surface area contributed by atoms with Gasteiger partial charge in [-0.05, 0) is 18.5 Å². The number of piperazine rings is 1. The van der Waals surface area contributed by atoms with E-state index in [-0.39, 0.29) is 5.91 Å². The van der Waals surface area contributed by atoms with Crippen LogP contribution < -0.4 is 0 Å². The highest BCUT2D eigenvalue weighted by Gasteiger charge is 2.21. The van der Waals surface area contributed by atoms with E-state index < -0.39 is 0 Å². The van der Waals surface area contributed by atoms with Crippen LogP contribution in [-0.2, 0) is 11.3 Å². The molecule has 1 aliphatic heterocycles. The second-order valence-corrected chi connectivity index (χ2v) is 4.66. The first-order valence-corrected chi connectivity index (χ1v) is 5.62. The molecule has 1 aromatic rings. The van der Waals surface area contributed by atoms with Crippen LogP contribution in [0, 0.1) is 0 Å². The third-order valence-electron chi connectivity index (χ3n) is 2.44. The number of hydrogen-bond acceptors (Lipinski definition) is 3. The van der Waals surface area contributed by atoms with Crippen LogP contribution in [-0.4, -0.2) is 42.4 Å². The zero-order valence-corrected chi connectivity index (χ0v) is 9.09. The summed E-state index contributed by atoms with van der Waals surface area (Å²) in [5, 5.41) is 2.05. The first-order chi connectivity index (χ1) is 6.75. The minimum absolute atomic E-state index is 0.243. The summed E-state index contributed by atoms with van der Waals surface area (Å²) in [5.74, 6) is 0.243. The molecule has 2 heterocycles. The van der Waals surface area contributed by atoms with Gasteiger partial charge in [-0.2, -0.15) is 0 Å². The maximum Gasteiger partial charge on any atom is 0.237 e. The van der Waals surface area contributed by atoms with Gasteiger partial charge in [-0.25, -0.2) is 0 Å². The maximum absolute atomic E-state index is 11.6. The Morgan fingerprint density at radius 2 is 2.36 bits per heavy atom. The lowest BCUT2D eigenvalue weighted by Gasteiger charge is -2.31. The van der Waals surface area contributed by atoms with Crippen LogP contribution in [0.5, 0.6) is 0 Å². The van der Waals surface area contributed by atoms with E-state index in [9.17, 15) is 4.79 Å². The summed E-state index contributed by atoms with van der Waals surface area (Å²) < 4.78 is 0. The minimum atomic E-state index is 0.243. The molecule has 0 radical (unpaired) electrons. The second-order valence-electron chi connectivity index (χ2n) is 3.63. The molecule has 76 valence electrons. The molecule has 14 heavy (non-hydrogen) atoms. The predicted octanol–water partition coefficient (Wildman–Crippen LogP) is 1.02. The van der Waals surface area contributed by atoms with Crippen LogP contribution in [0.3, 0.4) is 0 Å². The Morgan fingerprint density at radius 1 is 1.50 bits per heavy atom. The van der Waals surface area contributed by atoms with Crippen molar-refractivity contribution in [3.63, 3.8) is 0 Å². The molecular formula is C10H14N2OS. The quantitative estimate of drug-likeness (QED) is 0.727. The fourth-order valence-electron chi connectivity index (χ4n) is 1.58. The summed E-state index contributed by atoms with van der Waals surface area (Å²) in [6.07, 6.45) is 0. The first-order valence-electron chi connectivity index (χ1n) is 4.74. The molecule has 0 atom stereocenters. The largest absolute Gasteiger partial charge is 0.335 e. The van der Waals surface area contributed by atoms with Crippen molar-refractivity contribution in [3.8, 4) is 0 Å². The van der Waals surface area contributed by atoms with Gasteiger partial charge in [0, 0.05) is 18.0 Å². The highest BCUT2D eigenvalue weighted by atomic mass is 32.1. The average molecular weight is 210 g/mol. The molecule has 0 N–H and O–H groups in total. The molecule has 0 saturated carbocycles. The van der Waals surface area contributed by atoms with Gasteiger partial charge in [0.1, 0.15) is 0 Å². The molecule has 1 saturated heterocycles. The monoisotopic (exact) mass is 210 g/mol. The normalized spacial score (nSPS) is 18.9. The van der Waals surface area contributed by atoms with E-state index in [1.54, 1.807) is 11.3 Å². The Kier molecular flexibility index (Phi) is 2.84. The SMILES string of the molecule is CN1CCN(Cc2cccs2)C(=O)C1. The number of thiophene rings is 1. The van der Waals surface area contributed by atoms with E-state index in [0.29, 0.717) is 6.54 Å². The number of amides is 1. The Morgan fingerprint density at radius 3 is 3.00 bits per heavy atom. The summed E-state index contributed by atoms with van der Waals surface area (Å²) in [5.41, 5.74) is 0. The van der Waals surface area contributed by atoms with Crippen LogP contribution in [0.4, 0.5) is 0 Å². The van der Waals surface area contributed by atoms with Gasteiger partial charge in [0.25, 0.3) is 0 Å². The third-order valence-corrected chi connectivity index (χ3v) is 3.30. The van der Waals surface area contributed by atoms with Crippen molar-refractivity contribution in [2.45, 2.75) is 6.54 Å². The summed E-state index contributed by atoms with van der Waals surface area (Å²) in [4.78, 5) is 16.9. The Bertz CT molecular complexity index is 310. The van der Waals surface area contributed by atoms with E-state index in [4.69, 9.17) is 0 Å². The summed E-state index contributed by atoms with van der Waals surface area (Å²) >= 11 is 1.71. The van der Waals surface area contributed by atoms with Crippen molar-refractivity contribution in [1.82, 2.24) is 9.80 Å². The van der Waals surface area contributed by atoms with Gasteiger partial charge in [0.2, 0.25) is 5.91 Å². The zero-order valence-electron chi connectivity index (χ0n) is 8.27. The molecule has 2 rings (SSSR count). The molecule has 0 spiro atoms. The molecule has 1 fully saturated rings. The summed E-state index contributed by atoms with van der Waals surface area (Å²) in [6, 6.07) is 4.11.